The van der Waals surface area contributed by atoms with E-state index in [4.69, 9.17) is 10.2 Å². The second-order valence-electron chi connectivity index (χ2n) is 5.53. The smallest absolute Gasteiger partial charge is 0.320 e. The number of carbonyl (C=O) groups is 3. The van der Waals surface area contributed by atoms with Gasteiger partial charge in [-0.15, -0.1) is 0 Å². The quantitative estimate of drug-likeness (QED) is 0.392. The number of carboxylic acids is 1. The molecule has 0 unspecified atom stereocenters. The Hall–Kier alpha value is -2.33. The van der Waals surface area contributed by atoms with Crippen LogP contribution in [0.1, 0.15) is 27.1 Å². The molecule has 2 rings (SSSR count). The molecule has 1 atom stereocenters. The van der Waals surface area contributed by atoms with Crippen LogP contribution in [-0.2, 0) is 4.79 Å². The van der Waals surface area contributed by atoms with Gasteiger partial charge in [0.05, 0.1) is 24.3 Å². The maximum absolute atomic E-state index is 12.2. The first-order valence-corrected chi connectivity index (χ1v) is 7.91. The van der Waals surface area contributed by atoms with Crippen LogP contribution in [0.5, 0.6) is 0 Å². The monoisotopic (exact) mass is 351 g/mol. The molecule has 1 aromatic rings. The summed E-state index contributed by atoms with van der Waals surface area (Å²) < 4.78 is 0. The normalized spacial score (nSPS) is 14.9. The number of hydrogen-bond donors (Lipinski definition) is 4. The zero-order valence-corrected chi connectivity index (χ0v) is 13.6. The summed E-state index contributed by atoms with van der Waals surface area (Å²) in [6.07, 6.45) is 0.0861. The molecule has 2 amide bonds. The average Bonchev–Trinajstić information content (AvgIpc) is 2.83. The zero-order chi connectivity index (χ0) is 18.4. The number of nitrogens with zero attached hydrogens (tertiary/aromatic N) is 2. The number of aliphatic hydroxyl groups excluding tert-OH is 2. The molecule has 25 heavy (non-hydrogen) atoms. The molecular weight excluding hydrogens is 330 g/mol. The number of carbonyl (C=O) groups excluding carboxylic acids is 2. The lowest BCUT2D eigenvalue weighted by Crippen LogP contribution is -2.48. The number of hydrazine groups is 1. The Kier molecular flexibility index (Phi) is 6.59. The molecule has 9 heteroatoms. The number of hydrogen-bond acceptors (Lipinski definition) is 7. The number of benzene rings is 1. The van der Waals surface area contributed by atoms with Crippen LogP contribution in [0, 0.1) is 0 Å². The Morgan fingerprint density at radius 2 is 1.60 bits per heavy atom. The highest BCUT2D eigenvalue weighted by Gasteiger charge is 2.35. The van der Waals surface area contributed by atoms with E-state index in [2.05, 4.69) is 5.43 Å². The maximum Gasteiger partial charge on any atom is 0.320 e. The van der Waals surface area contributed by atoms with E-state index in [0.717, 1.165) is 5.01 Å². The Morgan fingerprint density at radius 3 is 2.04 bits per heavy atom. The average molecular weight is 351 g/mol. The van der Waals surface area contributed by atoms with Crippen molar-refractivity contribution in [3.05, 3.63) is 35.4 Å². The number of imide groups is 1. The first-order valence-electron chi connectivity index (χ1n) is 7.91. The summed E-state index contributed by atoms with van der Waals surface area (Å²) in [6.45, 7) is -0.212. The van der Waals surface area contributed by atoms with Crippen LogP contribution < -0.4 is 5.43 Å². The van der Waals surface area contributed by atoms with Gasteiger partial charge in [0.25, 0.3) is 11.8 Å². The molecule has 4 N–H and O–H groups in total. The molecule has 0 spiro atoms. The second-order valence-corrected chi connectivity index (χ2v) is 5.53. The third kappa shape index (κ3) is 4.20. The molecular formula is C16H21N3O6. The summed E-state index contributed by atoms with van der Waals surface area (Å²) in [5, 5.41) is 28.3. The van der Waals surface area contributed by atoms with Gasteiger partial charge in [0.1, 0.15) is 6.04 Å². The maximum atomic E-state index is 12.2. The van der Waals surface area contributed by atoms with Crippen molar-refractivity contribution >= 4 is 17.8 Å². The van der Waals surface area contributed by atoms with Crippen LogP contribution in [0.2, 0.25) is 0 Å². The van der Waals surface area contributed by atoms with Gasteiger partial charge in [0, 0.05) is 19.6 Å². The van der Waals surface area contributed by atoms with Crippen molar-refractivity contribution in [2.75, 3.05) is 32.8 Å². The molecule has 0 aromatic heterocycles. The fraction of sp³-hybridized carbons (Fsp3) is 0.438. The van der Waals surface area contributed by atoms with Gasteiger partial charge in [-0.1, -0.05) is 12.1 Å². The van der Waals surface area contributed by atoms with Gasteiger partial charge >= 0.3 is 5.97 Å². The molecule has 1 heterocycles. The van der Waals surface area contributed by atoms with Crippen LogP contribution in [0.3, 0.4) is 0 Å². The summed E-state index contributed by atoms with van der Waals surface area (Å²) in [7, 11) is 0. The lowest BCUT2D eigenvalue weighted by atomic mass is 10.1. The molecule has 0 fully saturated rings. The lowest BCUT2D eigenvalue weighted by molar-refractivity contribution is -0.144. The minimum Gasteiger partial charge on any atom is -0.480 e. The summed E-state index contributed by atoms with van der Waals surface area (Å²) in [4.78, 5) is 37.3. The van der Waals surface area contributed by atoms with Gasteiger partial charge in [0.15, 0.2) is 0 Å². The van der Waals surface area contributed by atoms with Crippen molar-refractivity contribution in [1.29, 1.82) is 0 Å². The molecule has 136 valence electrons. The topological polar surface area (TPSA) is 130 Å². The molecule has 0 aliphatic carbocycles. The highest BCUT2D eigenvalue weighted by Crippen LogP contribution is 2.20. The fourth-order valence-corrected chi connectivity index (χ4v) is 2.79. The predicted molar refractivity (Wildman–Crippen MR) is 86.7 cm³/mol. The van der Waals surface area contributed by atoms with Crippen LogP contribution in [0.15, 0.2) is 24.3 Å². The molecule has 0 saturated carbocycles. The van der Waals surface area contributed by atoms with Crippen molar-refractivity contribution in [3.8, 4) is 0 Å². The van der Waals surface area contributed by atoms with Crippen molar-refractivity contribution in [2.45, 2.75) is 12.5 Å². The van der Waals surface area contributed by atoms with Gasteiger partial charge in [-0.2, -0.15) is 0 Å². The van der Waals surface area contributed by atoms with E-state index in [1.165, 1.54) is 4.90 Å². The predicted octanol–water partition coefficient (Wildman–Crippen LogP) is -1.08. The summed E-state index contributed by atoms with van der Waals surface area (Å²) in [5.74, 6) is -2.06. The van der Waals surface area contributed by atoms with Gasteiger partial charge < -0.3 is 15.3 Å². The fourth-order valence-electron chi connectivity index (χ4n) is 2.79. The molecule has 0 saturated heterocycles. The zero-order valence-electron chi connectivity index (χ0n) is 13.6. The molecule has 9 nitrogen and oxygen atoms in total. The van der Waals surface area contributed by atoms with Gasteiger partial charge in [0.2, 0.25) is 0 Å². The molecule has 1 aliphatic rings. The summed E-state index contributed by atoms with van der Waals surface area (Å²) in [5.41, 5.74) is 3.28. The molecule has 1 aliphatic heterocycles. The largest absolute Gasteiger partial charge is 0.480 e. The Balaban J connectivity index is 1.97. The van der Waals surface area contributed by atoms with Gasteiger partial charge in [-0.05, 0) is 18.6 Å². The minimum atomic E-state index is -1.11. The van der Waals surface area contributed by atoms with E-state index in [9.17, 15) is 19.5 Å². The van der Waals surface area contributed by atoms with Crippen LogP contribution in [-0.4, -0.2) is 81.9 Å². The second kappa shape index (κ2) is 8.67. The van der Waals surface area contributed by atoms with Crippen molar-refractivity contribution in [3.63, 3.8) is 0 Å². The van der Waals surface area contributed by atoms with Crippen molar-refractivity contribution < 1.29 is 29.7 Å². The third-order valence-electron chi connectivity index (χ3n) is 3.98. The lowest BCUT2D eigenvalue weighted by Gasteiger charge is -2.28. The number of nitrogens with one attached hydrogen (secondary N) is 1. The molecule has 1 aromatic carbocycles. The van der Waals surface area contributed by atoms with E-state index in [-0.39, 0.29) is 39.3 Å². The number of aliphatic hydroxyl groups is 2. The Bertz CT molecular complexity index is 610. The highest BCUT2D eigenvalue weighted by atomic mass is 16.4. The van der Waals surface area contributed by atoms with Gasteiger partial charge in [-0.3, -0.25) is 19.3 Å². The number of carboxylic acid groups (broad SMARTS) is 1. The van der Waals surface area contributed by atoms with Crippen LogP contribution >= 0.6 is 0 Å². The molecule has 0 radical (unpaired) electrons. The Morgan fingerprint density at radius 1 is 1.08 bits per heavy atom. The number of aliphatic carboxylic acids is 1. The number of fused-ring (bicyclic) bond motifs is 1. The number of amides is 2. The minimum absolute atomic E-state index is 0.0653. The third-order valence-corrected chi connectivity index (χ3v) is 3.98. The van der Waals surface area contributed by atoms with Crippen LogP contribution in [0.4, 0.5) is 0 Å². The standard InChI is InChI=1S/C16H21N3O6/c20-9-7-18(8-10-21)13(16(24)25)5-6-17-19-14(22)11-3-1-2-4-12(11)15(19)23/h1-4,13,17,20-21H,5-10H2,(H,24,25)/t13-/m1/s1. The first kappa shape index (κ1) is 19.0. The number of rotatable bonds is 10. The summed E-state index contributed by atoms with van der Waals surface area (Å²) in [6, 6.07) is 5.48. The van der Waals surface area contributed by atoms with E-state index < -0.39 is 23.8 Å². The highest BCUT2D eigenvalue weighted by molar-refractivity contribution is 6.20. The van der Waals surface area contributed by atoms with E-state index in [1.54, 1.807) is 24.3 Å². The van der Waals surface area contributed by atoms with E-state index >= 15 is 0 Å². The van der Waals surface area contributed by atoms with Crippen LogP contribution in [0.25, 0.3) is 0 Å². The van der Waals surface area contributed by atoms with Crippen molar-refractivity contribution in [1.82, 2.24) is 15.3 Å². The Labute approximate surface area is 144 Å². The molecule has 0 bridgehead atoms. The van der Waals surface area contributed by atoms with Crippen molar-refractivity contribution in [2.24, 2.45) is 0 Å². The van der Waals surface area contributed by atoms with Gasteiger partial charge in [-0.25, -0.2) is 10.4 Å². The summed E-state index contributed by atoms with van der Waals surface area (Å²) >= 11 is 0. The first-order chi connectivity index (χ1) is 12.0. The van der Waals surface area contributed by atoms with E-state index in [1.807, 2.05) is 0 Å². The SMILES string of the molecule is O=C(O)[C@@H](CCNN1C(=O)c2ccccc2C1=O)N(CCO)CCO. The van der Waals surface area contributed by atoms with E-state index in [0.29, 0.717) is 11.1 Å².